The van der Waals surface area contributed by atoms with Gasteiger partial charge in [0.25, 0.3) is 0 Å². The lowest BCUT2D eigenvalue weighted by molar-refractivity contribution is -0.123. The molecule has 1 aliphatic carbocycles. The lowest BCUT2D eigenvalue weighted by atomic mass is 9.95. The van der Waals surface area contributed by atoms with E-state index in [9.17, 15) is 4.79 Å². The van der Waals surface area contributed by atoms with Crippen molar-refractivity contribution in [2.75, 3.05) is 24.7 Å². The van der Waals surface area contributed by atoms with Crippen molar-refractivity contribution in [1.82, 2.24) is 0 Å². The number of thioether (sulfide) groups is 1. The van der Waals surface area contributed by atoms with E-state index in [1.54, 1.807) is 16.7 Å². The zero-order chi connectivity index (χ0) is 13.8. The molecule has 2 rings (SSSR count). The smallest absolute Gasteiger partial charge is 0.230 e. The molecule has 1 aromatic rings. The Labute approximate surface area is 119 Å². The third-order valence-electron chi connectivity index (χ3n) is 4.07. The van der Waals surface area contributed by atoms with Gasteiger partial charge in [-0.3, -0.25) is 4.79 Å². The third-order valence-corrected chi connectivity index (χ3v) is 4.81. The molecule has 1 fully saturated rings. The van der Waals surface area contributed by atoms with Crippen LogP contribution >= 0.6 is 11.8 Å². The largest absolute Gasteiger partial charge is 0.330 e. The number of hydrogen-bond acceptors (Lipinski definition) is 3. The van der Waals surface area contributed by atoms with Crippen LogP contribution in [-0.2, 0) is 4.79 Å². The molecule has 1 aliphatic rings. The molecule has 19 heavy (non-hydrogen) atoms. The van der Waals surface area contributed by atoms with E-state index in [2.05, 4.69) is 12.1 Å². The van der Waals surface area contributed by atoms with Gasteiger partial charge in [0.2, 0.25) is 5.91 Å². The summed E-state index contributed by atoms with van der Waals surface area (Å²) in [6, 6.07) is 8.13. The van der Waals surface area contributed by atoms with Gasteiger partial charge in [0.1, 0.15) is 0 Å². The lowest BCUT2D eigenvalue weighted by Crippen LogP contribution is -2.36. The minimum atomic E-state index is 0.107. The summed E-state index contributed by atoms with van der Waals surface area (Å²) in [5.74, 6) is 0.681. The summed E-state index contributed by atoms with van der Waals surface area (Å²) in [5, 5.41) is 0. The molecule has 3 nitrogen and oxygen atoms in total. The number of carbonyl (C=O) groups excluding carboxylic acids is 1. The predicted octanol–water partition coefficient (Wildman–Crippen LogP) is 2.75. The molecule has 0 spiro atoms. The molecule has 1 amide bonds. The highest BCUT2D eigenvalue weighted by molar-refractivity contribution is 7.98. The molecule has 0 heterocycles. The Morgan fingerprint density at radius 3 is 2.63 bits per heavy atom. The van der Waals surface area contributed by atoms with Crippen molar-refractivity contribution in [1.29, 1.82) is 0 Å². The first-order valence-electron chi connectivity index (χ1n) is 6.79. The van der Waals surface area contributed by atoms with Crippen molar-refractivity contribution in [2.45, 2.75) is 24.2 Å². The number of nitrogens with zero attached hydrogens (tertiary/aromatic N) is 1. The van der Waals surface area contributed by atoms with Gasteiger partial charge in [-0.25, -0.2) is 0 Å². The quantitative estimate of drug-likeness (QED) is 0.861. The molecule has 1 saturated carbocycles. The summed E-state index contributed by atoms with van der Waals surface area (Å²) in [4.78, 5) is 15.5. The van der Waals surface area contributed by atoms with Gasteiger partial charge in [0.05, 0.1) is 0 Å². The van der Waals surface area contributed by atoms with Gasteiger partial charge >= 0.3 is 0 Å². The summed E-state index contributed by atoms with van der Waals surface area (Å²) in [7, 11) is 1.86. The minimum Gasteiger partial charge on any atom is -0.330 e. The second-order valence-electron chi connectivity index (χ2n) is 5.13. The normalized spacial score (nSPS) is 22.5. The Hall–Kier alpha value is -1.00. The third kappa shape index (κ3) is 3.12. The van der Waals surface area contributed by atoms with Crippen LogP contribution in [0.1, 0.15) is 19.3 Å². The molecule has 104 valence electrons. The van der Waals surface area contributed by atoms with Gasteiger partial charge < -0.3 is 10.6 Å². The van der Waals surface area contributed by atoms with Crippen molar-refractivity contribution in [3.8, 4) is 0 Å². The SMILES string of the molecule is CSc1ccc(N(C)C(=O)[C@@H]2CCC[C@@H]2CN)cc1. The maximum Gasteiger partial charge on any atom is 0.230 e. The highest BCUT2D eigenvalue weighted by Gasteiger charge is 2.33. The van der Waals surface area contributed by atoms with Crippen LogP contribution in [0.25, 0.3) is 0 Å². The van der Waals surface area contributed by atoms with E-state index in [0.29, 0.717) is 12.5 Å². The number of rotatable bonds is 4. The highest BCUT2D eigenvalue weighted by Crippen LogP contribution is 2.33. The molecule has 0 radical (unpaired) electrons. The molecule has 1 aromatic carbocycles. The summed E-state index contributed by atoms with van der Waals surface area (Å²) in [5.41, 5.74) is 6.73. The molecule has 0 aliphatic heterocycles. The molecule has 0 saturated heterocycles. The standard InChI is InChI=1S/C15H22N2OS/c1-17(12-6-8-13(19-2)9-7-12)15(18)14-5-3-4-11(14)10-16/h6-9,11,14H,3-5,10,16H2,1-2H3/t11-,14-/m1/s1. The van der Waals surface area contributed by atoms with E-state index in [-0.39, 0.29) is 11.8 Å². The molecule has 2 atom stereocenters. The molecule has 4 heteroatoms. The van der Waals surface area contributed by atoms with Gasteiger partial charge in [-0.15, -0.1) is 11.8 Å². The van der Waals surface area contributed by atoms with Crippen LogP contribution in [0, 0.1) is 11.8 Å². The maximum atomic E-state index is 12.5. The fourth-order valence-corrected chi connectivity index (χ4v) is 3.23. The molecule has 0 unspecified atom stereocenters. The van der Waals surface area contributed by atoms with E-state index < -0.39 is 0 Å². The van der Waals surface area contributed by atoms with Gasteiger partial charge in [-0.1, -0.05) is 6.42 Å². The average Bonchev–Trinajstić information content (AvgIpc) is 2.94. The fraction of sp³-hybridized carbons (Fsp3) is 0.533. The van der Waals surface area contributed by atoms with Crippen LogP contribution in [0.15, 0.2) is 29.2 Å². The molecular formula is C15H22N2OS. The Bertz CT molecular complexity index is 432. The van der Waals surface area contributed by atoms with Crippen LogP contribution in [-0.4, -0.2) is 25.8 Å². The number of nitrogens with two attached hydrogens (primary N) is 1. The first-order chi connectivity index (χ1) is 9.17. The van der Waals surface area contributed by atoms with Crippen molar-refractivity contribution in [2.24, 2.45) is 17.6 Å². The average molecular weight is 278 g/mol. The first-order valence-corrected chi connectivity index (χ1v) is 8.01. The van der Waals surface area contributed by atoms with E-state index in [4.69, 9.17) is 5.73 Å². The summed E-state index contributed by atoms with van der Waals surface area (Å²) in [6.45, 7) is 0.621. The van der Waals surface area contributed by atoms with Crippen molar-refractivity contribution in [3.05, 3.63) is 24.3 Å². The number of amides is 1. The maximum absolute atomic E-state index is 12.5. The highest BCUT2D eigenvalue weighted by atomic mass is 32.2. The Kier molecular flexibility index (Phi) is 4.88. The molecule has 0 aromatic heterocycles. The second kappa shape index (κ2) is 6.44. The van der Waals surface area contributed by atoms with Gasteiger partial charge in [-0.05, 0) is 55.8 Å². The number of benzene rings is 1. The van der Waals surface area contributed by atoms with E-state index in [1.165, 1.54) is 4.90 Å². The first kappa shape index (κ1) is 14.4. The topological polar surface area (TPSA) is 46.3 Å². The van der Waals surface area contributed by atoms with E-state index in [1.807, 2.05) is 25.4 Å². The van der Waals surface area contributed by atoms with Gasteiger partial charge in [0.15, 0.2) is 0 Å². The van der Waals surface area contributed by atoms with Gasteiger partial charge in [0, 0.05) is 23.5 Å². The number of hydrogen-bond donors (Lipinski definition) is 1. The Morgan fingerprint density at radius 2 is 2.05 bits per heavy atom. The van der Waals surface area contributed by atoms with Crippen LogP contribution in [0.3, 0.4) is 0 Å². The van der Waals surface area contributed by atoms with Gasteiger partial charge in [-0.2, -0.15) is 0 Å². The molecular weight excluding hydrogens is 256 g/mol. The molecule has 0 bridgehead atoms. The number of carbonyl (C=O) groups is 1. The predicted molar refractivity (Wildman–Crippen MR) is 81.5 cm³/mol. The van der Waals surface area contributed by atoms with Crippen LogP contribution in [0.2, 0.25) is 0 Å². The fourth-order valence-electron chi connectivity index (χ4n) is 2.83. The van der Waals surface area contributed by atoms with E-state index >= 15 is 0 Å². The Morgan fingerprint density at radius 1 is 1.37 bits per heavy atom. The van der Waals surface area contributed by atoms with Crippen molar-refractivity contribution in [3.63, 3.8) is 0 Å². The second-order valence-corrected chi connectivity index (χ2v) is 6.01. The van der Waals surface area contributed by atoms with E-state index in [0.717, 1.165) is 24.9 Å². The van der Waals surface area contributed by atoms with Crippen molar-refractivity contribution >= 4 is 23.4 Å². The lowest BCUT2D eigenvalue weighted by Gasteiger charge is -2.24. The van der Waals surface area contributed by atoms with Crippen molar-refractivity contribution < 1.29 is 4.79 Å². The number of anilines is 1. The van der Waals surface area contributed by atoms with Crippen LogP contribution in [0.4, 0.5) is 5.69 Å². The summed E-state index contributed by atoms with van der Waals surface area (Å²) < 4.78 is 0. The Balaban J connectivity index is 2.09. The zero-order valence-electron chi connectivity index (χ0n) is 11.6. The monoisotopic (exact) mass is 278 g/mol. The molecule has 2 N–H and O–H groups in total. The zero-order valence-corrected chi connectivity index (χ0v) is 12.5. The van der Waals surface area contributed by atoms with Crippen LogP contribution < -0.4 is 10.6 Å². The summed E-state index contributed by atoms with van der Waals surface area (Å²) >= 11 is 1.71. The van der Waals surface area contributed by atoms with Crippen LogP contribution in [0.5, 0.6) is 0 Å². The summed E-state index contributed by atoms with van der Waals surface area (Å²) in [6.07, 6.45) is 5.24. The minimum absolute atomic E-state index is 0.107.